The van der Waals surface area contributed by atoms with Crippen molar-refractivity contribution in [2.45, 2.75) is 65.0 Å². The second kappa shape index (κ2) is 24.6. The molecule has 0 N–H and O–H groups in total. The molecule has 0 atom stereocenters. The molecular weight excluding hydrogens is 449 g/mol. The Morgan fingerprint density at radius 2 is 0.684 bits per heavy atom. The van der Waals surface area contributed by atoms with Crippen molar-refractivity contribution in [3.8, 4) is 0 Å². The first-order valence-corrected chi connectivity index (χ1v) is 15.0. The van der Waals surface area contributed by atoms with Crippen molar-refractivity contribution in [1.82, 2.24) is 0 Å². The molecule has 124 valence electrons. The van der Waals surface area contributed by atoms with Crippen molar-refractivity contribution in [3.05, 3.63) is 0 Å². The van der Waals surface area contributed by atoms with Gasteiger partial charge in [0.15, 0.2) is 0 Å². The number of hydrogen-bond acceptors (Lipinski definition) is 0. The quantitative estimate of drug-likeness (QED) is 0.322. The molecule has 0 unspecified atom stereocenters. The molecule has 0 saturated carbocycles. The molecule has 0 heterocycles. The number of rotatable bonds is 8. The summed E-state index contributed by atoms with van der Waals surface area (Å²) in [4.78, 5) is 2.91. The van der Waals surface area contributed by atoms with Gasteiger partial charge in [0.2, 0.25) is 0 Å². The van der Waals surface area contributed by atoms with E-state index in [0.29, 0.717) is 34.4 Å². The molecule has 0 bridgehead atoms. The van der Waals surface area contributed by atoms with Crippen molar-refractivity contribution in [3.63, 3.8) is 0 Å². The monoisotopic (exact) mass is 489 g/mol. The molecule has 3 heteroatoms. The predicted molar refractivity (Wildman–Crippen MR) is 98.0 cm³/mol. The zero-order valence-electron chi connectivity index (χ0n) is 14.9. The van der Waals surface area contributed by atoms with Crippen LogP contribution in [0.25, 0.3) is 0 Å². The Morgan fingerprint density at radius 3 is 0.684 bits per heavy atom. The van der Waals surface area contributed by atoms with Crippen LogP contribution in [0.3, 0.4) is 0 Å². The van der Waals surface area contributed by atoms with Gasteiger partial charge in [0, 0.05) is 0 Å². The van der Waals surface area contributed by atoms with Crippen LogP contribution in [-0.4, -0.2) is 37.0 Å². The molecule has 0 nitrogen and oxygen atoms in total. The fourth-order valence-electron chi connectivity index (χ4n) is 1.50. The van der Waals surface area contributed by atoms with Crippen molar-refractivity contribution < 1.29 is 18.6 Å². The first-order chi connectivity index (χ1) is 9.11. The van der Waals surface area contributed by atoms with E-state index in [9.17, 15) is 0 Å². The average molecular weight is 490 g/mol. The normalized spacial score (nSPS) is 10.0. The molecule has 0 saturated heterocycles. The summed E-state index contributed by atoms with van der Waals surface area (Å²) in [6, 6.07) is 0. The Bertz CT molecular complexity index is 98.9. The molecule has 0 aliphatic rings. The van der Waals surface area contributed by atoms with Gasteiger partial charge in [0.25, 0.3) is 0 Å². The molecule has 0 amide bonds. The van der Waals surface area contributed by atoms with Gasteiger partial charge in [-0.2, -0.15) is 0 Å². The van der Waals surface area contributed by atoms with Crippen LogP contribution in [0.1, 0.15) is 55.4 Å². The summed E-state index contributed by atoms with van der Waals surface area (Å²) in [5.74, 6) is 0. The maximum absolute atomic E-state index is 2.29. The van der Waals surface area contributed by atoms with Gasteiger partial charge in [0.05, 0.1) is 0 Å². The predicted octanol–water partition coefficient (Wildman–Crippen LogP) is 7.00. The molecule has 0 aromatic heterocycles. The van der Waals surface area contributed by atoms with E-state index in [1.54, 1.807) is 0 Å². The zero-order valence-corrected chi connectivity index (χ0v) is 18.9. The minimum absolute atomic E-state index is 0.446. The van der Waals surface area contributed by atoms with Gasteiger partial charge in [-0.1, -0.05) is 41.5 Å². The van der Waals surface area contributed by atoms with E-state index in [1.165, 1.54) is 46.6 Å². The van der Waals surface area contributed by atoms with Gasteiger partial charge in [-0.15, -0.1) is 15.8 Å². The van der Waals surface area contributed by atoms with Crippen LogP contribution in [0, 0.1) is 0 Å². The van der Waals surface area contributed by atoms with Crippen LogP contribution < -0.4 is 0 Å². The molecule has 0 spiro atoms. The molecule has 0 fully saturated rings. The Morgan fingerprint density at radius 1 is 0.474 bits per heavy atom. The Kier molecular flexibility index (Phi) is 33.0. The molecule has 19 heavy (non-hydrogen) atoms. The summed E-state index contributed by atoms with van der Waals surface area (Å²) in [7, 11) is 0.892. The standard InChI is InChI=1S/2C6H15P.2C2H5.Pt/c2*1-4-7(5-2)6-3;2*1-2;/h2*4-6H2,1-3H3;2*1H2,2H3;. The summed E-state index contributed by atoms with van der Waals surface area (Å²) >= 11 is 0.623. The van der Waals surface area contributed by atoms with Crippen molar-refractivity contribution in [1.29, 1.82) is 0 Å². The number of hydrogen-bond donors (Lipinski definition) is 0. The Balaban J connectivity index is -0.000000206. The summed E-state index contributed by atoms with van der Waals surface area (Å²) in [5.41, 5.74) is 0. The van der Waals surface area contributed by atoms with Gasteiger partial charge in [0.1, 0.15) is 0 Å². The van der Waals surface area contributed by atoms with Gasteiger partial charge in [-0.3, -0.25) is 0 Å². The Hall–Kier alpha value is 1.55. The van der Waals surface area contributed by atoms with Crippen molar-refractivity contribution in [2.75, 3.05) is 37.0 Å². The maximum atomic E-state index is 2.29. The van der Waals surface area contributed by atoms with Crippen LogP contribution in [0.2, 0.25) is 9.62 Å². The molecule has 0 aromatic carbocycles. The second-order valence-electron chi connectivity index (χ2n) is 3.84. The van der Waals surface area contributed by atoms with Gasteiger partial charge < -0.3 is 0 Å². The SMILES string of the molecule is CCP(CC)CC.CCP(CC)CC.C[CH2][Pt][CH2]C. The van der Waals surface area contributed by atoms with Gasteiger partial charge in [-0.25, -0.2) is 0 Å². The first kappa shape index (κ1) is 25.5. The van der Waals surface area contributed by atoms with E-state index in [4.69, 9.17) is 0 Å². The third-order valence-corrected chi connectivity index (χ3v) is 10.6. The van der Waals surface area contributed by atoms with E-state index in [0.717, 1.165) is 0 Å². The molecule has 0 aliphatic carbocycles. The Labute approximate surface area is 136 Å². The second-order valence-corrected chi connectivity index (χ2v) is 14.7. The molecule has 0 radical (unpaired) electrons. The topological polar surface area (TPSA) is 0 Å². The summed E-state index contributed by atoms with van der Waals surface area (Å²) in [6.07, 6.45) is 8.51. The minimum atomic E-state index is 0.446. The van der Waals surface area contributed by atoms with Crippen molar-refractivity contribution in [2.24, 2.45) is 0 Å². The molecule has 0 aliphatic heterocycles. The van der Waals surface area contributed by atoms with E-state index < -0.39 is 0 Å². The van der Waals surface area contributed by atoms with Crippen LogP contribution in [0.5, 0.6) is 0 Å². The summed E-state index contributed by atoms with van der Waals surface area (Å²) < 4.78 is 0. The van der Waals surface area contributed by atoms with Gasteiger partial charge in [-0.05, 0) is 37.0 Å². The van der Waals surface area contributed by atoms with E-state index in [1.807, 2.05) is 0 Å². The van der Waals surface area contributed by atoms with Crippen LogP contribution in [0.4, 0.5) is 0 Å². The van der Waals surface area contributed by atoms with E-state index in [-0.39, 0.29) is 0 Å². The van der Waals surface area contributed by atoms with Crippen LogP contribution in [-0.2, 0) is 18.6 Å². The third kappa shape index (κ3) is 24.9. The fraction of sp³-hybridized carbons (Fsp3) is 1.00. The van der Waals surface area contributed by atoms with Crippen molar-refractivity contribution >= 4 is 15.8 Å². The molecule has 0 aromatic rings. The average Bonchev–Trinajstić information content (AvgIpc) is 2.45. The zero-order chi connectivity index (χ0) is 15.5. The first-order valence-electron chi connectivity index (χ1n) is 8.00. The fourth-order valence-corrected chi connectivity index (χ4v) is 5.32. The van der Waals surface area contributed by atoms with Crippen LogP contribution in [0.15, 0.2) is 0 Å². The van der Waals surface area contributed by atoms with Crippen LogP contribution >= 0.6 is 15.8 Å². The van der Waals surface area contributed by atoms with Gasteiger partial charge >= 0.3 is 42.0 Å². The molecule has 0 rings (SSSR count). The third-order valence-electron chi connectivity index (χ3n) is 3.00. The molecular formula is C16H40P2Pt. The van der Waals surface area contributed by atoms with E-state index in [2.05, 4.69) is 55.4 Å². The summed E-state index contributed by atoms with van der Waals surface area (Å²) in [5, 5.41) is 0. The summed E-state index contributed by atoms with van der Waals surface area (Å²) in [6.45, 7) is 18.3. The van der Waals surface area contributed by atoms with E-state index >= 15 is 0 Å².